The second-order valence-electron chi connectivity index (χ2n) is 5.44. The topological polar surface area (TPSA) is 66.8 Å². The molecule has 0 aliphatic heterocycles. The minimum absolute atomic E-state index is 0.311. The Morgan fingerprint density at radius 1 is 1.20 bits per heavy atom. The first-order valence-corrected chi connectivity index (χ1v) is 8.57. The highest BCUT2D eigenvalue weighted by molar-refractivity contribution is 7.18. The van der Waals surface area contributed by atoms with Crippen LogP contribution >= 0.6 is 22.9 Å². The summed E-state index contributed by atoms with van der Waals surface area (Å²) in [5.74, 6) is -0.311. The number of halogens is 2. The van der Waals surface area contributed by atoms with Crippen molar-refractivity contribution in [1.82, 2.24) is 20.4 Å². The number of rotatable bonds is 3. The number of hydrogen-bond donors (Lipinski definition) is 1. The summed E-state index contributed by atoms with van der Waals surface area (Å²) in [6.07, 6.45) is 1.45. The third-order valence-electron chi connectivity index (χ3n) is 3.64. The van der Waals surface area contributed by atoms with E-state index < -0.39 is 0 Å². The predicted octanol–water partition coefficient (Wildman–Crippen LogP) is 4.93. The Hall–Kier alpha value is -2.64. The molecule has 4 aromatic rings. The Labute approximate surface area is 151 Å². The molecule has 124 valence electrons. The summed E-state index contributed by atoms with van der Waals surface area (Å²) in [6.45, 7) is 1.84. The van der Waals surface area contributed by atoms with Crippen molar-refractivity contribution in [3.8, 4) is 10.6 Å². The molecule has 1 N–H and O–H groups in total. The van der Waals surface area contributed by atoms with Gasteiger partial charge in [-0.1, -0.05) is 41.1 Å². The lowest BCUT2D eigenvalue weighted by Gasteiger charge is -1.96. The molecule has 2 aromatic heterocycles. The molecule has 0 saturated carbocycles. The highest BCUT2D eigenvalue weighted by Crippen LogP contribution is 2.31. The summed E-state index contributed by atoms with van der Waals surface area (Å²) in [5, 5.41) is 17.6. The Balaban J connectivity index is 1.61. The average molecular weight is 372 g/mol. The molecule has 8 heteroatoms. The summed E-state index contributed by atoms with van der Waals surface area (Å²) >= 11 is 7.32. The van der Waals surface area contributed by atoms with Crippen molar-refractivity contribution in [1.29, 1.82) is 0 Å². The summed E-state index contributed by atoms with van der Waals surface area (Å²) in [5.41, 5.74) is 2.90. The molecular formula is C17H11ClFN5S. The zero-order valence-corrected chi connectivity index (χ0v) is 14.6. The van der Waals surface area contributed by atoms with E-state index in [0.717, 1.165) is 22.0 Å². The second-order valence-corrected chi connectivity index (χ2v) is 6.78. The number of hydrogen-bond acceptors (Lipinski definition) is 5. The Morgan fingerprint density at radius 3 is 2.92 bits per heavy atom. The van der Waals surface area contributed by atoms with Gasteiger partial charge in [-0.15, -0.1) is 10.2 Å². The second kappa shape index (κ2) is 6.34. The van der Waals surface area contributed by atoms with Crippen molar-refractivity contribution in [2.24, 2.45) is 4.99 Å². The standard InChI is InChI=1S/C17H11ClFN5S/c1-9-2-3-11(13(19)6-9)8-20-17-24-23-16(25-17)10-4-5-12-14(7-10)21-22-15(12)18/h2-8H,1H3,(H,21,22)/b20-8+. The first kappa shape index (κ1) is 15.9. The van der Waals surface area contributed by atoms with E-state index in [0.29, 0.717) is 20.9 Å². The van der Waals surface area contributed by atoms with E-state index in [1.54, 1.807) is 6.07 Å². The van der Waals surface area contributed by atoms with Gasteiger partial charge in [0.1, 0.15) is 16.0 Å². The van der Waals surface area contributed by atoms with Gasteiger partial charge in [0.2, 0.25) is 5.13 Å². The van der Waals surface area contributed by atoms with Gasteiger partial charge < -0.3 is 0 Å². The van der Waals surface area contributed by atoms with Crippen molar-refractivity contribution in [3.05, 3.63) is 58.5 Å². The normalized spacial score (nSPS) is 11.6. The third kappa shape index (κ3) is 3.16. The highest BCUT2D eigenvalue weighted by Gasteiger charge is 2.09. The number of nitrogens with zero attached hydrogens (tertiary/aromatic N) is 4. The van der Waals surface area contributed by atoms with Gasteiger partial charge >= 0.3 is 0 Å². The van der Waals surface area contributed by atoms with Crippen LogP contribution in [-0.4, -0.2) is 26.6 Å². The van der Waals surface area contributed by atoms with E-state index in [-0.39, 0.29) is 5.82 Å². The van der Waals surface area contributed by atoms with Crippen LogP contribution in [0.25, 0.3) is 21.5 Å². The molecule has 0 unspecified atom stereocenters. The van der Waals surface area contributed by atoms with Gasteiger partial charge in [0, 0.05) is 22.7 Å². The van der Waals surface area contributed by atoms with Gasteiger partial charge in [0.15, 0.2) is 0 Å². The maximum absolute atomic E-state index is 13.8. The predicted molar refractivity (Wildman–Crippen MR) is 98.4 cm³/mol. The highest BCUT2D eigenvalue weighted by atomic mass is 35.5. The molecule has 0 amide bonds. The van der Waals surface area contributed by atoms with Gasteiger partial charge in [-0.25, -0.2) is 9.38 Å². The molecule has 2 heterocycles. The molecule has 0 atom stereocenters. The van der Waals surface area contributed by atoms with Gasteiger partial charge in [-0.05, 0) is 30.7 Å². The van der Waals surface area contributed by atoms with E-state index >= 15 is 0 Å². The van der Waals surface area contributed by atoms with Crippen molar-refractivity contribution >= 4 is 45.2 Å². The van der Waals surface area contributed by atoms with Gasteiger partial charge in [0.25, 0.3) is 0 Å². The number of benzene rings is 2. The van der Waals surface area contributed by atoms with Crippen LogP contribution in [0.3, 0.4) is 0 Å². The lowest BCUT2D eigenvalue weighted by molar-refractivity contribution is 0.625. The van der Waals surface area contributed by atoms with Crippen LogP contribution in [0.2, 0.25) is 5.15 Å². The van der Waals surface area contributed by atoms with Crippen LogP contribution in [0.1, 0.15) is 11.1 Å². The quantitative estimate of drug-likeness (QED) is 0.519. The fraction of sp³-hybridized carbons (Fsp3) is 0.0588. The summed E-state index contributed by atoms with van der Waals surface area (Å²) < 4.78 is 13.8. The molecule has 0 radical (unpaired) electrons. The SMILES string of the molecule is Cc1ccc(/C=N/c2nnc(-c3ccc4c(Cl)[nH]nc4c3)s2)c(F)c1. The fourth-order valence-corrected chi connectivity index (χ4v) is 3.25. The molecular weight excluding hydrogens is 361 g/mol. The molecule has 25 heavy (non-hydrogen) atoms. The minimum Gasteiger partial charge on any atom is -0.266 e. The molecule has 0 fully saturated rings. The molecule has 0 aliphatic rings. The zero-order chi connectivity index (χ0) is 17.4. The van der Waals surface area contributed by atoms with E-state index in [2.05, 4.69) is 25.4 Å². The summed E-state index contributed by atoms with van der Waals surface area (Å²) in [7, 11) is 0. The van der Waals surface area contributed by atoms with Gasteiger partial charge in [-0.3, -0.25) is 5.10 Å². The molecule has 5 nitrogen and oxygen atoms in total. The van der Waals surface area contributed by atoms with Gasteiger partial charge in [-0.2, -0.15) is 5.10 Å². The monoisotopic (exact) mass is 371 g/mol. The average Bonchev–Trinajstić information content (AvgIpc) is 3.21. The first-order valence-electron chi connectivity index (χ1n) is 7.38. The van der Waals surface area contributed by atoms with Crippen molar-refractivity contribution in [2.45, 2.75) is 6.92 Å². The molecule has 0 saturated heterocycles. The lowest BCUT2D eigenvalue weighted by Crippen LogP contribution is -1.88. The Bertz CT molecular complexity index is 1100. The zero-order valence-electron chi connectivity index (χ0n) is 13.0. The van der Waals surface area contributed by atoms with E-state index in [1.807, 2.05) is 31.2 Å². The number of nitrogens with one attached hydrogen (secondary N) is 1. The van der Waals surface area contributed by atoms with Crippen LogP contribution in [0.5, 0.6) is 0 Å². The molecule has 0 bridgehead atoms. The van der Waals surface area contributed by atoms with Crippen LogP contribution in [-0.2, 0) is 0 Å². The van der Waals surface area contributed by atoms with Crippen LogP contribution in [0.4, 0.5) is 9.52 Å². The van der Waals surface area contributed by atoms with Crippen molar-refractivity contribution < 1.29 is 4.39 Å². The van der Waals surface area contributed by atoms with Gasteiger partial charge in [0.05, 0.1) is 5.52 Å². The first-order chi connectivity index (χ1) is 12.1. The fourth-order valence-electron chi connectivity index (χ4n) is 2.36. The number of aryl methyl sites for hydroxylation is 1. The molecule has 2 aromatic carbocycles. The number of aromatic nitrogens is 4. The van der Waals surface area contributed by atoms with E-state index in [1.165, 1.54) is 23.6 Å². The molecule has 0 aliphatic carbocycles. The molecule has 4 rings (SSSR count). The summed E-state index contributed by atoms with van der Waals surface area (Å²) in [6, 6.07) is 10.6. The van der Waals surface area contributed by atoms with Crippen LogP contribution in [0, 0.1) is 12.7 Å². The smallest absolute Gasteiger partial charge is 0.231 e. The lowest BCUT2D eigenvalue weighted by atomic mass is 10.1. The maximum atomic E-state index is 13.8. The minimum atomic E-state index is -0.311. The number of aromatic amines is 1. The van der Waals surface area contributed by atoms with Crippen LogP contribution in [0.15, 0.2) is 41.4 Å². The van der Waals surface area contributed by atoms with E-state index in [9.17, 15) is 4.39 Å². The number of H-pyrrole nitrogens is 1. The Morgan fingerprint density at radius 2 is 2.08 bits per heavy atom. The maximum Gasteiger partial charge on any atom is 0.231 e. The van der Waals surface area contributed by atoms with Crippen molar-refractivity contribution in [2.75, 3.05) is 0 Å². The van der Waals surface area contributed by atoms with Crippen LogP contribution < -0.4 is 0 Å². The largest absolute Gasteiger partial charge is 0.266 e. The molecule has 0 spiro atoms. The van der Waals surface area contributed by atoms with E-state index in [4.69, 9.17) is 11.6 Å². The summed E-state index contributed by atoms with van der Waals surface area (Å²) in [4.78, 5) is 4.22. The number of fused-ring (bicyclic) bond motifs is 1. The Kier molecular flexibility index (Phi) is 4.03. The van der Waals surface area contributed by atoms with Crippen molar-refractivity contribution in [3.63, 3.8) is 0 Å². The number of aliphatic imine (C=N–C) groups is 1. The third-order valence-corrected chi connectivity index (χ3v) is 4.81.